The second-order valence-corrected chi connectivity index (χ2v) is 6.18. The van der Waals surface area contributed by atoms with Gasteiger partial charge in [0.25, 0.3) is 5.69 Å². The molecule has 8 nitrogen and oxygen atoms in total. The van der Waals surface area contributed by atoms with E-state index in [1.807, 2.05) is 0 Å². The molecule has 0 bridgehead atoms. The van der Waals surface area contributed by atoms with E-state index in [9.17, 15) is 19.7 Å². The molecule has 1 saturated heterocycles. The Kier molecular flexibility index (Phi) is 9.01. The van der Waals surface area contributed by atoms with Gasteiger partial charge in [-0.15, -0.1) is 12.4 Å². The molecule has 9 heteroatoms. The largest absolute Gasteiger partial charge is 0.354 e. The van der Waals surface area contributed by atoms with Crippen molar-refractivity contribution in [2.75, 3.05) is 19.6 Å². The average Bonchev–Trinajstić information content (AvgIpc) is 2.60. The van der Waals surface area contributed by atoms with Crippen LogP contribution in [0.3, 0.4) is 0 Å². The number of rotatable bonds is 7. The smallest absolute Gasteiger partial charge is 0.269 e. The predicted octanol–water partition coefficient (Wildman–Crippen LogP) is 1.41. The third kappa shape index (κ3) is 6.27. The number of nitrogens with one attached hydrogen (secondary N) is 1. The van der Waals surface area contributed by atoms with Crippen LogP contribution in [0.5, 0.6) is 0 Å². The lowest BCUT2D eigenvalue weighted by Crippen LogP contribution is -2.50. The first kappa shape index (κ1) is 21.9. The molecule has 1 unspecified atom stereocenters. The van der Waals surface area contributed by atoms with Gasteiger partial charge < -0.3 is 16.0 Å². The van der Waals surface area contributed by atoms with Crippen molar-refractivity contribution in [3.05, 3.63) is 39.9 Å². The fourth-order valence-electron chi connectivity index (χ4n) is 3.05. The number of nitro groups is 1. The molecule has 1 heterocycles. The summed E-state index contributed by atoms with van der Waals surface area (Å²) in [5.41, 5.74) is 5.96. The number of nitrogens with zero attached hydrogens (tertiary/aromatic N) is 2. The van der Waals surface area contributed by atoms with E-state index in [-0.39, 0.29) is 48.8 Å². The molecule has 0 spiro atoms. The number of carbonyl (C=O) groups is 2. The van der Waals surface area contributed by atoms with Crippen molar-refractivity contribution in [2.45, 2.75) is 38.1 Å². The van der Waals surface area contributed by atoms with Crippen LogP contribution in [0.2, 0.25) is 0 Å². The minimum atomic E-state index is -0.468. The van der Waals surface area contributed by atoms with Gasteiger partial charge in [0.05, 0.1) is 11.3 Å². The highest BCUT2D eigenvalue weighted by molar-refractivity contribution is 5.85. The summed E-state index contributed by atoms with van der Waals surface area (Å²) in [6.07, 6.45) is 3.17. The Hall–Kier alpha value is -2.19. The lowest BCUT2D eigenvalue weighted by Gasteiger charge is -2.36. The number of carbonyl (C=O) groups excluding carboxylic acids is 2. The number of hydrogen-bond acceptors (Lipinski definition) is 5. The molecule has 0 saturated carbocycles. The minimum absolute atomic E-state index is 0. The molecule has 0 aromatic heterocycles. The van der Waals surface area contributed by atoms with Crippen molar-refractivity contribution < 1.29 is 14.5 Å². The number of amides is 2. The Labute approximate surface area is 158 Å². The maximum absolute atomic E-state index is 12.7. The van der Waals surface area contributed by atoms with Gasteiger partial charge >= 0.3 is 0 Å². The standard InChI is InChI=1S/C17H24N4O4.ClH/c18-8-7-16(22)19-12-15-5-1-2-9-20(15)17(23)11-13-4-3-6-14(10-13)21(24)25;/h3-4,6,10,15H,1-2,5,7-9,11-12,18H2,(H,19,22);1H. The van der Waals surface area contributed by atoms with E-state index in [0.717, 1.165) is 19.3 Å². The molecule has 1 aromatic carbocycles. The van der Waals surface area contributed by atoms with Crippen molar-refractivity contribution in [3.63, 3.8) is 0 Å². The van der Waals surface area contributed by atoms with E-state index >= 15 is 0 Å². The van der Waals surface area contributed by atoms with Gasteiger partial charge in [0.1, 0.15) is 0 Å². The third-order valence-corrected chi connectivity index (χ3v) is 4.33. The summed E-state index contributed by atoms with van der Waals surface area (Å²) in [5, 5.41) is 13.7. The summed E-state index contributed by atoms with van der Waals surface area (Å²) in [7, 11) is 0. The van der Waals surface area contributed by atoms with Gasteiger partial charge in [0.2, 0.25) is 11.8 Å². The molecule has 1 aliphatic heterocycles. The normalized spacial score (nSPS) is 16.5. The van der Waals surface area contributed by atoms with Crippen LogP contribution in [0.1, 0.15) is 31.2 Å². The van der Waals surface area contributed by atoms with E-state index in [2.05, 4.69) is 5.32 Å². The number of nitro benzene ring substituents is 1. The van der Waals surface area contributed by atoms with E-state index < -0.39 is 4.92 Å². The van der Waals surface area contributed by atoms with Gasteiger partial charge in [-0.2, -0.15) is 0 Å². The van der Waals surface area contributed by atoms with E-state index in [1.54, 1.807) is 17.0 Å². The summed E-state index contributed by atoms with van der Waals surface area (Å²) in [6.45, 7) is 1.36. The van der Waals surface area contributed by atoms with Gasteiger partial charge in [-0.1, -0.05) is 12.1 Å². The summed E-state index contributed by atoms with van der Waals surface area (Å²) >= 11 is 0. The number of nitrogens with two attached hydrogens (primary N) is 1. The average molecular weight is 385 g/mol. The first-order valence-electron chi connectivity index (χ1n) is 8.51. The van der Waals surface area contributed by atoms with Gasteiger partial charge in [-0.05, 0) is 24.8 Å². The monoisotopic (exact) mass is 384 g/mol. The number of hydrogen-bond donors (Lipinski definition) is 2. The van der Waals surface area contributed by atoms with Crippen LogP contribution in [0.25, 0.3) is 0 Å². The van der Waals surface area contributed by atoms with Crippen LogP contribution in [0, 0.1) is 10.1 Å². The molecule has 1 aliphatic rings. The second-order valence-electron chi connectivity index (χ2n) is 6.18. The highest BCUT2D eigenvalue weighted by Gasteiger charge is 2.27. The fourth-order valence-corrected chi connectivity index (χ4v) is 3.05. The Balaban J connectivity index is 0.00000338. The number of benzene rings is 1. The SMILES string of the molecule is Cl.NCCC(=O)NCC1CCCCN1C(=O)Cc1cccc([N+](=O)[O-])c1. The summed E-state index contributed by atoms with van der Waals surface area (Å²) < 4.78 is 0. The van der Waals surface area contributed by atoms with Gasteiger partial charge in [-0.25, -0.2) is 0 Å². The Morgan fingerprint density at radius 3 is 2.81 bits per heavy atom. The zero-order valence-electron chi connectivity index (χ0n) is 14.6. The van der Waals surface area contributed by atoms with E-state index in [0.29, 0.717) is 25.2 Å². The zero-order chi connectivity index (χ0) is 18.2. The summed E-state index contributed by atoms with van der Waals surface area (Å²) in [4.78, 5) is 36.4. The van der Waals surface area contributed by atoms with Crippen molar-refractivity contribution in [3.8, 4) is 0 Å². The van der Waals surface area contributed by atoms with Crippen LogP contribution >= 0.6 is 12.4 Å². The fraction of sp³-hybridized carbons (Fsp3) is 0.529. The molecule has 26 heavy (non-hydrogen) atoms. The second kappa shape index (κ2) is 10.7. The molecule has 1 fully saturated rings. The molecule has 3 N–H and O–H groups in total. The van der Waals surface area contributed by atoms with Gasteiger partial charge in [0, 0.05) is 44.2 Å². The molecule has 0 aliphatic carbocycles. The topological polar surface area (TPSA) is 119 Å². The van der Waals surface area contributed by atoms with Crippen LogP contribution < -0.4 is 11.1 Å². The van der Waals surface area contributed by atoms with Gasteiger partial charge in [-0.3, -0.25) is 19.7 Å². The van der Waals surface area contributed by atoms with Crippen molar-refractivity contribution in [1.29, 1.82) is 0 Å². The maximum Gasteiger partial charge on any atom is 0.269 e. The molecule has 2 rings (SSSR count). The number of likely N-dealkylation sites (tertiary alicyclic amines) is 1. The van der Waals surface area contributed by atoms with Crippen LogP contribution in [0.4, 0.5) is 5.69 Å². The highest BCUT2D eigenvalue weighted by Crippen LogP contribution is 2.19. The number of non-ortho nitro benzene ring substituents is 1. The summed E-state index contributed by atoms with van der Waals surface area (Å²) in [5.74, 6) is -0.183. The predicted molar refractivity (Wildman–Crippen MR) is 100 cm³/mol. The van der Waals surface area contributed by atoms with E-state index in [1.165, 1.54) is 12.1 Å². The first-order valence-corrected chi connectivity index (χ1v) is 8.51. The summed E-state index contributed by atoms with van der Waals surface area (Å²) in [6, 6.07) is 6.10. The molecular weight excluding hydrogens is 360 g/mol. The molecular formula is C17H25ClN4O4. The van der Waals surface area contributed by atoms with Gasteiger partial charge in [0.15, 0.2) is 0 Å². The minimum Gasteiger partial charge on any atom is -0.354 e. The lowest BCUT2D eigenvalue weighted by atomic mass is 10.0. The third-order valence-electron chi connectivity index (χ3n) is 4.33. The maximum atomic E-state index is 12.7. The number of piperidine rings is 1. The van der Waals surface area contributed by atoms with Crippen LogP contribution in [-0.4, -0.2) is 47.3 Å². The Morgan fingerprint density at radius 2 is 2.12 bits per heavy atom. The molecule has 144 valence electrons. The zero-order valence-corrected chi connectivity index (χ0v) is 15.4. The van der Waals surface area contributed by atoms with Crippen molar-refractivity contribution in [2.24, 2.45) is 5.73 Å². The lowest BCUT2D eigenvalue weighted by molar-refractivity contribution is -0.384. The van der Waals surface area contributed by atoms with Crippen LogP contribution in [-0.2, 0) is 16.0 Å². The highest BCUT2D eigenvalue weighted by atomic mass is 35.5. The number of halogens is 1. The Bertz CT molecular complexity index is 641. The van der Waals surface area contributed by atoms with Crippen molar-refractivity contribution >= 4 is 29.9 Å². The molecule has 2 amide bonds. The first-order chi connectivity index (χ1) is 12.0. The van der Waals surface area contributed by atoms with Crippen molar-refractivity contribution in [1.82, 2.24) is 10.2 Å². The molecule has 0 radical (unpaired) electrons. The molecule has 1 atom stereocenters. The Morgan fingerprint density at radius 1 is 1.35 bits per heavy atom. The van der Waals surface area contributed by atoms with Crippen LogP contribution in [0.15, 0.2) is 24.3 Å². The molecule has 1 aromatic rings. The quantitative estimate of drug-likeness (QED) is 0.544. The van der Waals surface area contributed by atoms with E-state index in [4.69, 9.17) is 5.73 Å².